The monoisotopic (exact) mass is 438 g/mol. The van der Waals surface area contributed by atoms with Gasteiger partial charge in [-0.05, 0) is 29.8 Å². The van der Waals surface area contributed by atoms with Crippen LogP contribution in [0, 0.1) is 0 Å². The van der Waals surface area contributed by atoms with Crippen LogP contribution in [0.5, 0.6) is 5.75 Å². The van der Waals surface area contributed by atoms with Gasteiger partial charge in [-0.1, -0.05) is 34.8 Å². The van der Waals surface area contributed by atoms with Crippen molar-refractivity contribution in [2.75, 3.05) is 32.1 Å². The summed E-state index contributed by atoms with van der Waals surface area (Å²) in [5, 5.41) is 0.692. The predicted octanol–water partition coefficient (Wildman–Crippen LogP) is 2.41. The van der Waals surface area contributed by atoms with Gasteiger partial charge in [-0.15, -0.1) is 0 Å². The van der Waals surface area contributed by atoms with E-state index in [1.807, 2.05) is 58.0 Å². The molecule has 8 nitrogen and oxygen atoms in total. The molecule has 0 radical (unpaired) electrons. The Morgan fingerprint density at radius 2 is 1.90 bits per heavy atom. The zero-order chi connectivity index (χ0) is 21.7. The molecule has 2 aromatic carbocycles. The zero-order valence-electron chi connectivity index (χ0n) is 17.2. The number of imide groups is 1. The summed E-state index contributed by atoms with van der Waals surface area (Å²) in [5.74, 6) is 1.64. The smallest absolute Gasteiger partial charge is 0.397 e. The standard InChI is InChI=1S/C22H21ClN5O3/c1-25-19-18(20(29)26(2)22(25)30)28-11-10-27(21(28)24-19)16-4-3-5-17(12-16)31-13-14-6-8-15(23)9-7-14/h3-9,12,18H,10-11,13H2,1-2H3/q+1. The summed E-state index contributed by atoms with van der Waals surface area (Å²) in [4.78, 5) is 34.3. The number of guanidine groups is 1. The molecule has 5 rings (SSSR count). The summed E-state index contributed by atoms with van der Waals surface area (Å²) in [6.07, 6.45) is 0. The summed E-state index contributed by atoms with van der Waals surface area (Å²) in [6, 6.07) is 14.4. The predicted molar refractivity (Wildman–Crippen MR) is 117 cm³/mol. The number of hydrogen-bond acceptors (Lipinski definition) is 5. The molecule has 0 aromatic heterocycles. The van der Waals surface area contributed by atoms with Crippen molar-refractivity contribution in [2.24, 2.45) is 4.99 Å². The second kappa shape index (κ2) is 7.39. The van der Waals surface area contributed by atoms with E-state index in [0.29, 0.717) is 36.5 Å². The second-order valence-electron chi connectivity index (χ2n) is 7.67. The van der Waals surface area contributed by atoms with Gasteiger partial charge in [0.1, 0.15) is 24.6 Å². The van der Waals surface area contributed by atoms with Crippen molar-refractivity contribution in [1.29, 1.82) is 0 Å². The van der Waals surface area contributed by atoms with Crippen molar-refractivity contribution in [2.45, 2.75) is 12.6 Å². The Labute approximate surface area is 184 Å². The number of fused-ring (bicyclic) bond motifs is 2. The molecule has 0 bridgehead atoms. The number of amidine groups is 1. The molecule has 1 atom stereocenters. The largest absolute Gasteiger partial charge is 0.489 e. The van der Waals surface area contributed by atoms with Crippen LogP contribution < -0.4 is 9.64 Å². The van der Waals surface area contributed by atoms with Crippen molar-refractivity contribution in [3.05, 3.63) is 59.1 Å². The van der Waals surface area contributed by atoms with Crippen LogP contribution in [0.1, 0.15) is 5.56 Å². The van der Waals surface area contributed by atoms with Crippen LogP contribution in [0.4, 0.5) is 10.5 Å². The Kier molecular flexibility index (Phi) is 4.66. The highest BCUT2D eigenvalue weighted by atomic mass is 35.5. The molecule has 0 spiro atoms. The average molecular weight is 439 g/mol. The van der Waals surface area contributed by atoms with E-state index in [2.05, 4.69) is 4.99 Å². The highest BCUT2D eigenvalue weighted by molar-refractivity contribution is 6.30. The fourth-order valence-electron chi connectivity index (χ4n) is 4.07. The number of carbonyl (C=O) groups is 2. The number of likely N-dealkylation sites (N-methyl/N-ethyl adjacent to an activating group) is 2. The Morgan fingerprint density at radius 1 is 1.13 bits per heavy atom. The third-order valence-electron chi connectivity index (χ3n) is 5.76. The van der Waals surface area contributed by atoms with E-state index in [1.54, 1.807) is 7.05 Å². The molecule has 1 unspecified atom stereocenters. The number of halogens is 1. The fourth-order valence-corrected chi connectivity index (χ4v) is 4.20. The van der Waals surface area contributed by atoms with Crippen molar-refractivity contribution in [1.82, 2.24) is 9.80 Å². The van der Waals surface area contributed by atoms with Gasteiger partial charge in [0.25, 0.3) is 5.91 Å². The quantitative estimate of drug-likeness (QED) is 0.687. The third kappa shape index (κ3) is 3.23. The van der Waals surface area contributed by atoms with E-state index in [-0.39, 0.29) is 11.9 Å². The Bertz CT molecular complexity index is 1140. The van der Waals surface area contributed by atoms with Gasteiger partial charge in [0.2, 0.25) is 11.9 Å². The van der Waals surface area contributed by atoms with Crippen LogP contribution in [-0.2, 0) is 11.4 Å². The normalized spacial score (nSPS) is 20.3. The summed E-state index contributed by atoms with van der Waals surface area (Å²) in [5.41, 5.74) is 1.95. The highest BCUT2D eigenvalue weighted by Crippen LogP contribution is 2.28. The van der Waals surface area contributed by atoms with E-state index in [0.717, 1.165) is 21.9 Å². The first-order valence-electron chi connectivity index (χ1n) is 9.96. The molecule has 31 heavy (non-hydrogen) atoms. The van der Waals surface area contributed by atoms with Crippen LogP contribution in [-0.4, -0.2) is 71.3 Å². The van der Waals surface area contributed by atoms with Gasteiger partial charge in [0.05, 0.1) is 6.54 Å². The molecular formula is C22H21ClN5O3+. The molecule has 0 N–H and O–H groups in total. The van der Waals surface area contributed by atoms with Crippen molar-refractivity contribution in [3.63, 3.8) is 0 Å². The van der Waals surface area contributed by atoms with Crippen LogP contribution >= 0.6 is 11.6 Å². The number of benzene rings is 2. The summed E-state index contributed by atoms with van der Waals surface area (Å²) in [7, 11) is 3.15. The number of aliphatic imine (C=N–C) groups is 1. The van der Waals surface area contributed by atoms with Crippen molar-refractivity contribution < 1.29 is 18.9 Å². The lowest BCUT2D eigenvalue weighted by atomic mass is 10.1. The number of nitrogens with zero attached hydrogens (tertiary/aromatic N) is 5. The molecule has 2 aromatic rings. The zero-order valence-corrected chi connectivity index (χ0v) is 17.9. The molecular weight excluding hydrogens is 418 g/mol. The molecule has 1 saturated heterocycles. The van der Waals surface area contributed by atoms with E-state index in [9.17, 15) is 9.59 Å². The Hall–Kier alpha value is -3.39. The number of anilines is 1. The summed E-state index contributed by atoms with van der Waals surface area (Å²) >= 11 is 5.94. The van der Waals surface area contributed by atoms with Gasteiger partial charge in [0.15, 0.2) is 0 Å². The van der Waals surface area contributed by atoms with Gasteiger partial charge in [-0.2, -0.15) is 0 Å². The molecule has 1 fully saturated rings. The van der Waals surface area contributed by atoms with E-state index < -0.39 is 6.04 Å². The highest BCUT2D eigenvalue weighted by Gasteiger charge is 2.54. The number of amides is 3. The fraction of sp³-hybridized carbons (Fsp3) is 0.273. The lowest BCUT2D eigenvalue weighted by Crippen LogP contribution is -2.61. The maximum absolute atomic E-state index is 12.7. The average Bonchev–Trinajstić information content (AvgIpc) is 3.35. The maximum atomic E-state index is 12.7. The molecule has 9 heteroatoms. The lowest BCUT2D eigenvalue weighted by molar-refractivity contribution is -0.525. The number of urea groups is 1. The summed E-state index contributed by atoms with van der Waals surface area (Å²) < 4.78 is 7.91. The minimum Gasteiger partial charge on any atom is -0.489 e. The van der Waals surface area contributed by atoms with Crippen LogP contribution in [0.15, 0.2) is 53.5 Å². The molecule has 3 aliphatic heterocycles. The lowest BCUT2D eigenvalue weighted by Gasteiger charge is -2.31. The van der Waals surface area contributed by atoms with Gasteiger partial charge < -0.3 is 4.74 Å². The Morgan fingerprint density at radius 3 is 2.68 bits per heavy atom. The van der Waals surface area contributed by atoms with Gasteiger partial charge in [-0.3, -0.25) is 14.6 Å². The van der Waals surface area contributed by atoms with E-state index in [1.165, 1.54) is 11.9 Å². The third-order valence-corrected chi connectivity index (χ3v) is 6.02. The van der Waals surface area contributed by atoms with Crippen LogP contribution in [0.2, 0.25) is 5.02 Å². The minimum atomic E-state index is -0.558. The topological polar surface area (TPSA) is 68.5 Å². The first kappa shape index (κ1) is 19.6. The minimum absolute atomic E-state index is 0.251. The molecule has 3 amide bonds. The molecule has 0 aliphatic carbocycles. The molecule has 3 heterocycles. The number of rotatable bonds is 4. The van der Waals surface area contributed by atoms with Crippen molar-refractivity contribution in [3.8, 4) is 5.75 Å². The number of carbonyl (C=O) groups excluding carboxylic acids is 2. The van der Waals surface area contributed by atoms with Gasteiger partial charge >= 0.3 is 12.0 Å². The van der Waals surface area contributed by atoms with Crippen molar-refractivity contribution >= 4 is 41.0 Å². The second-order valence-corrected chi connectivity index (χ2v) is 8.11. The van der Waals surface area contributed by atoms with E-state index >= 15 is 0 Å². The molecule has 158 valence electrons. The summed E-state index contributed by atoms with van der Waals surface area (Å²) in [6.45, 7) is 1.77. The molecule has 3 aliphatic rings. The first-order chi connectivity index (χ1) is 14.9. The van der Waals surface area contributed by atoms with Crippen LogP contribution in [0.25, 0.3) is 0 Å². The first-order valence-corrected chi connectivity index (χ1v) is 10.3. The SMILES string of the molecule is CN1C(=O)C2C(=NC3=[N+]2CCN3c2cccc(OCc3ccc(Cl)cc3)c2)N(C)C1=O. The maximum Gasteiger partial charge on any atom is 0.397 e. The van der Waals surface area contributed by atoms with Crippen LogP contribution in [0.3, 0.4) is 0 Å². The van der Waals surface area contributed by atoms with E-state index in [4.69, 9.17) is 16.3 Å². The molecule has 0 saturated carbocycles. The number of ether oxygens (including phenoxy) is 1. The van der Waals surface area contributed by atoms with Gasteiger partial charge in [0, 0.05) is 25.2 Å². The Balaban J connectivity index is 1.39. The van der Waals surface area contributed by atoms with Gasteiger partial charge in [-0.25, -0.2) is 14.3 Å². The number of hydrogen-bond donors (Lipinski definition) is 0.